The topological polar surface area (TPSA) is 48.5 Å². The van der Waals surface area contributed by atoms with Crippen LogP contribution in [0.4, 0.5) is 11.4 Å². The lowest BCUT2D eigenvalue weighted by Gasteiger charge is -2.37. The lowest BCUT2D eigenvalue weighted by molar-refractivity contribution is 0.0746. The standard InChI is InChI=1S/C21H28N4O/c1-15(2)23-19-12-18(13-22-14-19)21(26)25-10-8-24(9-11-25)20-7-5-6-16(3)17(20)4/h5-7,12-15,23H,8-11H2,1-4H3. The third-order valence-electron chi connectivity index (χ3n) is 4.92. The number of pyridine rings is 1. The third kappa shape index (κ3) is 3.98. The number of piperazine rings is 1. The molecule has 5 heteroatoms. The van der Waals surface area contributed by atoms with Crippen molar-refractivity contribution >= 4 is 17.3 Å². The van der Waals surface area contributed by atoms with Gasteiger partial charge in [0.1, 0.15) is 0 Å². The number of benzene rings is 1. The van der Waals surface area contributed by atoms with Gasteiger partial charge in [0.2, 0.25) is 0 Å². The van der Waals surface area contributed by atoms with E-state index < -0.39 is 0 Å². The van der Waals surface area contributed by atoms with E-state index in [2.05, 4.69) is 61.1 Å². The molecule has 2 aromatic rings. The molecule has 0 aliphatic carbocycles. The fourth-order valence-corrected chi connectivity index (χ4v) is 3.38. The van der Waals surface area contributed by atoms with Gasteiger partial charge in [-0.2, -0.15) is 0 Å². The van der Waals surface area contributed by atoms with E-state index in [1.165, 1.54) is 16.8 Å². The molecule has 1 aromatic heterocycles. The molecule has 138 valence electrons. The zero-order valence-electron chi connectivity index (χ0n) is 16.1. The minimum absolute atomic E-state index is 0.0607. The molecule has 1 aliphatic heterocycles. The second-order valence-corrected chi connectivity index (χ2v) is 7.26. The van der Waals surface area contributed by atoms with E-state index in [-0.39, 0.29) is 5.91 Å². The minimum atomic E-state index is 0.0607. The van der Waals surface area contributed by atoms with Gasteiger partial charge in [-0.05, 0) is 51.0 Å². The first-order chi connectivity index (χ1) is 12.5. The Bertz CT molecular complexity index is 779. The Labute approximate surface area is 156 Å². The number of nitrogens with zero attached hydrogens (tertiary/aromatic N) is 3. The maximum absolute atomic E-state index is 12.8. The molecule has 1 fully saturated rings. The summed E-state index contributed by atoms with van der Waals surface area (Å²) in [4.78, 5) is 21.4. The highest BCUT2D eigenvalue weighted by Gasteiger charge is 2.23. The molecule has 1 amide bonds. The van der Waals surface area contributed by atoms with Gasteiger partial charge >= 0.3 is 0 Å². The number of rotatable bonds is 4. The molecule has 1 aliphatic rings. The average Bonchev–Trinajstić information content (AvgIpc) is 2.63. The quantitative estimate of drug-likeness (QED) is 0.915. The molecule has 0 unspecified atom stereocenters. The van der Waals surface area contributed by atoms with Crippen LogP contribution in [0.1, 0.15) is 35.3 Å². The number of hydrogen-bond donors (Lipinski definition) is 1. The van der Waals surface area contributed by atoms with E-state index in [0.29, 0.717) is 11.6 Å². The number of aryl methyl sites for hydroxylation is 1. The van der Waals surface area contributed by atoms with E-state index in [0.717, 1.165) is 31.9 Å². The first kappa shape index (κ1) is 18.2. The van der Waals surface area contributed by atoms with Crippen LogP contribution in [0.3, 0.4) is 0 Å². The normalized spacial score (nSPS) is 14.7. The van der Waals surface area contributed by atoms with Gasteiger partial charge < -0.3 is 15.1 Å². The van der Waals surface area contributed by atoms with Crippen molar-refractivity contribution in [3.63, 3.8) is 0 Å². The third-order valence-corrected chi connectivity index (χ3v) is 4.92. The largest absolute Gasteiger partial charge is 0.382 e. The summed E-state index contributed by atoms with van der Waals surface area (Å²) < 4.78 is 0. The Hall–Kier alpha value is -2.56. The molecule has 0 spiro atoms. The zero-order valence-corrected chi connectivity index (χ0v) is 16.1. The predicted octanol–water partition coefficient (Wildman–Crippen LogP) is 3.48. The first-order valence-electron chi connectivity index (χ1n) is 9.27. The molecule has 0 atom stereocenters. The number of carbonyl (C=O) groups excluding carboxylic acids is 1. The van der Waals surface area contributed by atoms with E-state index in [1.807, 2.05) is 11.0 Å². The fraction of sp³-hybridized carbons (Fsp3) is 0.429. The second kappa shape index (κ2) is 7.77. The molecule has 1 saturated heterocycles. The van der Waals surface area contributed by atoms with Crippen molar-refractivity contribution in [1.29, 1.82) is 0 Å². The van der Waals surface area contributed by atoms with Gasteiger partial charge in [-0.3, -0.25) is 9.78 Å². The molecule has 1 aromatic carbocycles. The Morgan fingerprint density at radius 1 is 1.12 bits per heavy atom. The Morgan fingerprint density at radius 2 is 1.85 bits per heavy atom. The van der Waals surface area contributed by atoms with Crippen LogP contribution in [0.5, 0.6) is 0 Å². The van der Waals surface area contributed by atoms with Gasteiger partial charge in [0.25, 0.3) is 5.91 Å². The summed E-state index contributed by atoms with van der Waals surface area (Å²) in [7, 11) is 0. The van der Waals surface area contributed by atoms with Crippen LogP contribution in [0.15, 0.2) is 36.7 Å². The molecule has 0 radical (unpaired) electrons. The van der Waals surface area contributed by atoms with E-state index in [1.54, 1.807) is 12.4 Å². The van der Waals surface area contributed by atoms with E-state index >= 15 is 0 Å². The monoisotopic (exact) mass is 352 g/mol. The van der Waals surface area contributed by atoms with Crippen LogP contribution in [0.25, 0.3) is 0 Å². The molecule has 1 N–H and O–H groups in total. The van der Waals surface area contributed by atoms with Crippen LogP contribution in [-0.4, -0.2) is 48.0 Å². The summed E-state index contributed by atoms with van der Waals surface area (Å²) in [5, 5.41) is 3.30. The van der Waals surface area contributed by atoms with Crippen LogP contribution in [-0.2, 0) is 0 Å². The van der Waals surface area contributed by atoms with Crippen molar-refractivity contribution in [1.82, 2.24) is 9.88 Å². The fourth-order valence-electron chi connectivity index (χ4n) is 3.38. The SMILES string of the molecule is Cc1cccc(N2CCN(C(=O)c3cncc(NC(C)C)c3)CC2)c1C. The highest BCUT2D eigenvalue weighted by atomic mass is 16.2. The van der Waals surface area contributed by atoms with Crippen molar-refractivity contribution in [2.75, 3.05) is 36.4 Å². The highest BCUT2D eigenvalue weighted by molar-refractivity contribution is 5.95. The van der Waals surface area contributed by atoms with Crippen LogP contribution in [0, 0.1) is 13.8 Å². The first-order valence-corrected chi connectivity index (χ1v) is 9.27. The lowest BCUT2D eigenvalue weighted by Crippen LogP contribution is -2.49. The smallest absolute Gasteiger partial charge is 0.255 e. The van der Waals surface area contributed by atoms with Gasteiger partial charge in [-0.15, -0.1) is 0 Å². The van der Waals surface area contributed by atoms with Crippen LogP contribution >= 0.6 is 0 Å². The van der Waals surface area contributed by atoms with Gasteiger partial charge in [0.05, 0.1) is 11.3 Å². The van der Waals surface area contributed by atoms with Gasteiger partial charge in [-0.1, -0.05) is 12.1 Å². The summed E-state index contributed by atoms with van der Waals surface area (Å²) in [6, 6.07) is 8.62. The number of nitrogens with one attached hydrogen (secondary N) is 1. The van der Waals surface area contributed by atoms with Crippen LogP contribution < -0.4 is 10.2 Å². The van der Waals surface area contributed by atoms with E-state index in [9.17, 15) is 4.79 Å². The number of hydrogen-bond acceptors (Lipinski definition) is 4. The van der Waals surface area contributed by atoms with Gasteiger partial charge in [0, 0.05) is 50.3 Å². The number of amides is 1. The summed E-state index contributed by atoms with van der Waals surface area (Å²) in [5.41, 5.74) is 5.45. The van der Waals surface area contributed by atoms with Crippen molar-refractivity contribution in [2.45, 2.75) is 33.7 Å². The van der Waals surface area contributed by atoms with Crippen LogP contribution in [0.2, 0.25) is 0 Å². The Morgan fingerprint density at radius 3 is 2.54 bits per heavy atom. The Kier molecular flexibility index (Phi) is 5.45. The van der Waals surface area contributed by atoms with Crippen molar-refractivity contribution < 1.29 is 4.79 Å². The molecule has 5 nitrogen and oxygen atoms in total. The number of carbonyl (C=O) groups is 1. The van der Waals surface area contributed by atoms with Gasteiger partial charge in [-0.25, -0.2) is 0 Å². The summed E-state index contributed by atoms with van der Waals surface area (Å²) >= 11 is 0. The molecule has 0 saturated carbocycles. The van der Waals surface area contributed by atoms with E-state index in [4.69, 9.17) is 0 Å². The highest BCUT2D eigenvalue weighted by Crippen LogP contribution is 2.24. The van der Waals surface area contributed by atoms with Crippen molar-refractivity contribution in [2.24, 2.45) is 0 Å². The second-order valence-electron chi connectivity index (χ2n) is 7.26. The lowest BCUT2D eigenvalue weighted by atomic mass is 10.1. The molecular formula is C21H28N4O. The molecule has 26 heavy (non-hydrogen) atoms. The average molecular weight is 352 g/mol. The summed E-state index contributed by atoms with van der Waals surface area (Å²) in [6.45, 7) is 11.6. The summed E-state index contributed by atoms with van der Waals surface area (Å²) in [6.07, 6.45) is 3.42. The Balaban J connectivity index is 1.66. The molecule has 2 heterocycles. The minimum Gasteiger partial charge on any atom is -0.382 e. The molecule has 3 rings (SSSR count). The molecule has 0 bridgehead atoms. The maximum atomic E-state index is 12.8. The maximum Gasteiger partial charge on any atom is 0.255 e. The molecular weight excluding hydrogens is 324 g/mol. The van der Waals surface area contributed by atoms with Gasteiger partial charge in [0.15, 0.2) is 0 Å². The summed E-state index contributed by atoms with van der Waals surface area (Å²) in [5.74, 6) is 0.0607. The van der Waals surface area contributed by atoms with Crippen molar-refractivity contribution in [3.05, 3.63) is 53.3 Å². The van der Waals surface area contributed by atoms with Crippen molar-refractivity contribution in [3.8, 4) is 0 Å². The zero-order chi connectivity index (χ0) is 18.7. The predicted molar refractivity (Wildman–Crippen MR) is 107 cm³/mol. The number of anilines is 2. The number of aromatic nitrogens is 1.